The molecule has 2 rings (SSSR count). The first-order chi connectivity index (χ1) is 4.29. The van der Waals surface area contributed by atoms with Crippen LogP contribution in [0.5, 0.6) is 0 Å². The van der Waals surface area contributed by atoms with Gasteiger partial charge in [0.2, 0.25) is 5.91 Å². The molecule has 0 N–H and O–H groups in total. The number of carbonyl (C=O) groups excluding carboxylic acids is 1. The topological polar surface area (TPSA) is 20.3 Å². The fraction of sp³-hybridized carbons (Fsp3) is 0.667. The van der Waals surface area contributed by atoms with Gasteiger partial charge in [-0.2, -0.15) is 0 Å². The van der Waals surface area contributed by atoms with Crippen LogP contribution >= 0.6 is 11.8 Å². The maximum absolute atomic E-state index is 10.7. The van der Waals surface area contributed by atoms with Crippen molar-refractivity contribution in [2.45, 2.75) is 17.8 Å². The molecule has 2 aliphatic rings. The second-order valence-electron chi connectivity index (χ2n) is 2.31. The summed E-state index contributed by atoms with van der Waals surface area (Å²) in [5.41, 5.74) is 0. The van der Waals surface area contributed by atoms with Crippen LogP contribution in [0.2, 0.25) is 0 Å². The number of β-lactam (4-membered cyclic amide) rings is 1. The van der Waals surface area contributed by atoms with Crippen LogP contribution in [0.25, 0.3) is 0 Å². The molecule has 1 amide bonds. The summed E-state index contributed by atoms with van der Waals surface area (Å²) >= 11 is 1.72. The van der Waals surface area contributed by atoms with Crippen molar-refractivity contribution in [3.05, 3.63) is 6.92 Å². The quantitative estimate of drug-likeness (QED) is 0.449. The number of thioether (sulfide) groups is 1. The van der Waals surface area contributed by atoms with Gasteiger partial charge in [0.1, 0.15) is 0 Å². The Balaban J connectivity index is 2.14. The summed E-state index contributed by atoms with van der Waals surface area (Å²) in [6, 6.07) is -0.249. The van der Waals surface area contributed by atoms with Gasteiger partial charge in [0.15, 0.2) is 0 Å². The Morgan fingerprint density at radius 2 is 2.56 bits per heavy atom. The molecule has 0 spiro atoms. The van der Waals surface area contributed by atoms with Gasteiger partial charge in [0.05, 0.1) is 11.8 Å². The van der Waals surface area contributed by atoms with Gasteiger partial charge in [0, 0.05) is 18.7 Å². The Bertz CT molecular complexity index is 153. The van der Waals surface area contributed by atoms with Gasteiger partial charge in [0.25, 0.3) is 0 Å². The molecule has 2 fully saturated rings. The molecule has 2 atom stereocenters. The van der Waals surface area contributed by atoms with Gasteiger partial charge in [-0.3, -0.25) is 4.79 Å². The summed E-state index contributed by atoms with van der Waals surface area (Å²) < 4.78 is 0. The Kier molecular flexibility index (Phi) is 1.03. The minimum absolute atomic E-state index is 0.157. The summed E-state index contributed by atoms with van der Waals surface area (Å²) in [4.78, 5) is 12.4. The Morgan fingerprint density at radius 3 is 3.00 bits per heavy atom. The summed E-state index contributed by atoms with van der Waals surface area (Å²) in [5, 5.41) is 0.361. The zero-order valence-electron chi connectivity index (χ0n) is 4.83. The van der Waals surface area contributed by atoms with Crippen LogP contribution in [0.4, 0.5) is 0 Å². The van der Waals surface area contributed by atoms with Gasteiger partial charge < -0.3 is 4.90 Å². The standard InChI is InChI=1S/C6H6NOS/c1-4-3-9-6-2-5(8)7(4)6/h4,6H,2-3H2/t4?,6-/m1/s1. The molecule has 0 aromatic carbocycles. The lowest BCUT2D eigenvalue weighted by atomic mass is 10.1. The molecular weight excluding hydrogens is 134 g/mol. The van der Waals surface area contributed by atoms with E-state index in [2.05, 4.69) is 0 Å². The normalized spacial score (nSPS) is 40.6. The van der Waals surface area contributed by atoms with E-state index in [1.807, 2.05) is 0 Å². The van der Waals surface area contributed by atoms with E-state index in [1.165, 1.54) is 0 Å². The van der Waals surface area contributed by atoms with Crippen molar-refractivity contribution < 1.29 is 4.79 Å². The molecule has 3 heteroatoms. The fourth-order valence-corrected chi connectivity index (χ4v) is 2.45. The number of hydrogen-bond donors (Lipinski definition) is 0. The van der Waals surface area contributed by atoms with Crippen molar-refractivity contribution in [1.82, 2.24) is 4.90 Å². The number of rotatable bonds is 0. The minimum Gasteiger partial charge on any atom is -0.326 e. The third-order valence-electron chi connectivity index (χ3n) is 1.73. The van der Waals surface area contributed by atoms with E-state index in [-0.39, 0.29) is 11.9 Å². The fourth-order valence-electron chi connectivity index (χ4n) is 1.20. The van der Waals surface area contributed by atoms with Crippen LogP contribution in [0.3, 0.4) is 0 Å². The number of fused-ring (bicyclic) bond motifs is 1. The molecule has 2 nitrogen and oxygen atoms in total. The summed E-state index contributed by atoms with van der Waals surface area (Å²) in [6.45, 7) is 7.33. The summed E-state index contributed by atoms with van der Waals surface area (Å²) in [5.74, 6) is 0.959. The average Bonchev–Trinajstić information content (AvgIpc) is 2.04. The van der Waals surface area contributed by atoms with E-state index in [0.29, 0.717) is 11.8 Å². The number of carbonyl (C=O) groups is 1. The lowest BCUT2D eigenvalue weighted by Crippen LogP contribution is -2.50. The second-order valence-corrected chi connectivity index (χ2v) is 3.52. The van der Waals surface area contributed by atoms with E-state index in [0.717, 1.165) is 5.75 Å². The van der Waals surface area contributed by atoms with E-state index in [1.54, 1.807) is 16.7 Å². The highest BCUT2D eigenvalue weighted by molar-refractivity contribution is 8.00. The maximum Gasteiger partial charge on any atom is 0.226 e. The maximum atomic E-state index is 10.7. The van der Waals surface area contributed by atoms with Crippen molar-refractivity contribution in [2.24, 2.45) is 0 Å². The molecule has 2 saturated heterocycles. The molecule has 9 heavy (non-hydrogen) atoms. The van der Waals surface area contributed by atoms with Gasteiger partial charge >= 0.3 is 0 Å². The Hall–Kier alpha value is -0.180. The number of amides is 1. The molecule has 0 bridgehead atoms. The van der Waals surface area contributed by atoms with Crippen LogP contribution in [0.15, 0.2) is 0 Å². The highest BCUT2D eigenvalue weighted by Gasteiger charge is 2.44. The third-order valence-corrected chi connectivity index (χ3v) is 3.02. The molecule has 2 aliphatic heterocycles. The van der Waals surface area contributed by atoms with Crippen LogP contribution in [-0.2, 0) is 4.79 Å². The Morgan fingerprint density at radius 1 is 1.78 bits per heavy atom. The van der Waals surface area contributed by atoms with Crippen molar-refractivity contribution in [1.29, 1.82) is 0 Å². The zero-order chi connectivity index (χ0) is 6.43. The SMILES string of the molecule is [C]C1CS[C@@H]2CC(=O)N12. The molecule has 0 aliphatic carbocycles. The minimum atomic E-state index is -0.249. The molecule has 2 heterocycles. The van der Waals surface area contributed by atoms with Gasteiger partial charge in [-0.05, 0) is 0 Å². The second kappa shape index (κ2) is 1.66. The van der Waals surface area contributed by atoms with E-state index >= 15 is 0 Å². The predicted molar refractivity (Wildman–Crippen MR) is 34.7 cm³/mol. The molecule has 0 saturated carbocycles. The highest BCUT2D eigenvalue weighted by Crippen LogP contribution is 2.38. The van der Waals surface area contributed by atoms with Crippen LogP contribution in [0.1, 0.15) is 6.42 Å². The summed E-state index contributed by atoms with van der Waals surface area (Å²) in [7, 11) is 0. The zero-order valence-corrected chi connectivity index (χ0v) is 5.65. The van der Waals surface area contributed by atoms with E-state index < -0.39 is 0 Å². The van der Waals surface area contributed by atoms with Crippen molar-refractivity contribution in [2.75, 3.05) is 5.75 Å². The number of hydrogen-bond acceptors (Lipinski definition) is 2. The molecular formula is C6H6NOS. The van der Waals surface area contributed by atoms with Gasteiger partial charge in [-0.25, -0.2) is 0 Å². The van der Waals surface area contributed by atoms with Crippen LogP contribution < -0.4 is 0 Å². The van der Waals surface area contributed by atoms with Crippen LogP contribution in [0, 0.1) is 6.92 Å². The first-order valence-corrected chi connectivity index (χ1v) is 3.98. The molecule has 0 aromatic rings. The van der Waals surface area contributed by atoms with E-state index in [4.69, 9.17) is 6.92 Å². The first-order valence-electron chi connectivity index (χ1n) is 2.93. The molecule has 3 radical (unpaired) electrons. The lowest BCUT2D eigenvalue weighted by molar-refractivity contribution is -0.142. The average molecular weight is 140 g/mol. The van der Waals surface area contributed by atoms with Gasteiger partial charge in [-0.15, -0.1) is 11.8 Å². The van der Waals surface area contributed by atoms with Crippen LogP contribution in [-0.4, -0.2) is 28.0 Å². The van der Waals surface area contributed by atoms with Crippen molar-refractivity contribution >= 4 is 17.7 Å². The molecule has 0 aromatic heterocycles. The third kappa shape index (κ3) is 0.611. The predicted octanol–water partition coefficient (Wildman–Crippen LogP) is 0.248. The largest absolute Gasteiger partial charge is 0.326 e. The van der Waals surface area contributed by atoms with Gasteiger partial charge in [-0.1, -0.05) is 0 Å². The Labute approximate surface area is 58.6 Å². The van der Waals surface area contributed by atoms with E-state index in [9.17, 15) is 4.79 Å². The van der Waals surface area contributed by atoms with Crippen molar-refractivity contribution in [3.8, 4) is 0 Å². The first kappa shape index (κ1) is 5.59. The molecule has 1 unspecified atom stereocenters. The summed E-state index contributed by atoms with van der Waals surface area (Å²) in [6.07, 6.45) is 0.667. The monoisotopic (exact) mass is 140 g/mol. The smallest absolute Gasteiger partial charge is 0.226 e. The number of nitrogens with zero attached hydrogens (tertiary/aromatic N) is 1. The highest BCUT2D eigenvalue weighted by atomic mass is 32.2. The van der Waals surface area contributed by atoms with Crippen molar-refractivity contribution in [3.63, 3.8) is 0 Å². The lowest BCUT2D eigenvalue weighted by Gasteiger charge is -2.35. The molecule has 47 valence electrons.